The van der Waals surface area contributed by atoms with Gasteiger partial charge in [-0.25, -0.2) is 4.68 Å². The molecule has 1 heterocycles. The van der Waals surface area contributed by atoms with Crippen molar-refractivity contribution in [2.24, 2.45) is 0 Å². The smallest absolute Gasteiger partial charge is 0.144 e. The molecule has 0 fully saturated rings. The molecule has 0 aliphatic heterocycles. The zero-order chi connectivity index (χ0) is 11.5. The lowest BCUT2D eigenvalue weighted by molar-refractivity contribution is 0.412. The van der Waals surface area contributed by atoms with Gasteiger partial charge in [0, 0.05) is 6.07 Å². The molecule has 2 aromatic rings. The van der Waals surface area contributed by atoms with Gasteiger partial charge in [-0.05, 0) is 18.6 Å². The molecule has 4 heteroatoms. The average molecular weight is 217 g/mol. The highest BCUT2D eigenvalue weighted by molar-refractivity contribution is 5.51. The maximum Gasteiger partial charge on any atom is 0.144 e. The van der Waals surface area contributed by atoms with E-state index in [1.807, 2.05) is 37.3 Å². The molecule has 4 nitrogen and oxygen atoms in total. The molecule has 0 aliphatic carbocycles. The lowest BCUT2D eigenvalue weighted by Gasteiger charge is -2.08. The lowest BCUT2D eigenvalue weighted by Crippen LogP contribution is -2.03. The van der Waals surface area contributed by atoms with E-state index in [0.717, 1.165) is 23.6 Å². The van der Waals surface area contributed by atoms with Crippen molar-refractivity contribution in [1.29, 1.82) is 0 Å². The van der Waals surface area contributed by atoms with Crippen molar-refractivity contribution < 1.29 is 4.74 Å². The van der Waals surface area contributed by atoms with Crippen LogP contribution in [0.2, 0.25) is 0 Å². The highest BCUT2D eigenvalue weighted by Gasteiger charge is 2.09. The standard InChI is InChI=1S/C12H15N3O/c1-3-9-8-12(13)15(14-9)10-6-4-5-7-11(10)16-2/h4-8H,3,13H2,1-2H3. The van der Waals surface area contributed by atoms with Crippen LogP contribution >= 0.6 is 0 Å². The lowest BCUT2D eigenvalue weighted by atomic mass is 10.3. The first kappa shape index (κ1) is 10.5. The van der Waals surface area contributed by atoms with Gasteiger partial charge in [-0.3, -0.25) is 0 Å². The number of nitrogen functional groups attached to an aromatic ring is 1. The van der Waals surface area contributed by atoms with Crippen LogP contribution in [0.25, 0.3) is 5.69 Å². The van der Waals surface area contributed by atoms with Gasteiger partial charge in [0.1, 0.15) is 17.3 Å². The fourth-order valence-electron chi connectivity index (χ4n) is 1.62. The molecule has 0 amide bonds. The molecule has 16 heavy (non-hydrogen) atoms. The molecule has 0 aliphatic rings. The third-order valence-electron chi connectivity index (χ3n) is 2.46. The number of hydrogen-bond donors (Lipinski definition) is 1. The minimum Gasteiger partial charge on any atom is -0.494 e. The summed E-state index contributed by atoms with van der Waals surface area (Å²) in [6.07, 6.45) is 0.867. The minimum atomic E-state index is 0.626. The fourth-order valence-corrected chi connectivity index (χ4v) is 1.62. The normalized spacial score (nSPS) is 10.4. The van der Waals surface area contributed by atoms with Gasteiger partial charge in [-0.15, -0.1) is 0 Å². The Hall–Kier alpha value is -1.97. The Morgan fingerprint density at radius 1 is 1.38 bits per heavy atom. The molecule has 0 unspecified atom stereocenters. The number of aryl methyl sites for hydroxylation is 1. The molecule has 0 saturated carbocycles. The van der Waals surface area contributed by atoms with E-state index < -0.39 is 0 Å². The van der Waals surface area contributed by atoms with Crippen LogP contribution in [0.4, 0.5) is 5.82 Å². The predicted molar refractivity (Wildman–Crippen MR) is 63.9 cm³/mol. The van der Waals surface area contributed by atoms with Crippen LogP contribution < -0.4 is 10.5 Å². The van der Waals surface area contributed by atoms with Crippen LogP contribution in [-0.2, 0) is 6.42 Å². The SMILES string of the molecule is CCc1cc(N)n(-c2ccccc2OC)n1. The summed E-state index contributed by atoms with van der Waals surface area (Å²) in [6.45, 7) is 2.05. The molecular formula is C12H15N3O. The van der Waals surface area contributed by atoms with Gasteiger partial charge >= 0.3 is 0 Å². The molecule has 1 aromatic heterocycles. The van der Waals surface area contributed by atoms with Gasteiger partial charge in [0.25, 0.3) is 0 Å². The van der Waals surface area contributed by atoms with E-state index in [-0.39, 0.29) is 0 Å². The molecule has 0 spiro atoms. The van der Waals surface area contributed by atoms with Gasteiger partial charge in [0.15, 0.2) is 0 Å². The van der Waals surface area contributed by atoms with E-state index in [1.54, 1.807) is 11.8 Å². The average Bonchev–Trinajstić information content (AvgIpc) is 2.70. The summed E-state index contributed by atoms with van der Waals surface area (Å²) >= 11 is 0. The van der Waals surface area contributed by atoms with Crippen molar-refractivity contribution in [2.45, 2.75) is 13.3 Å². The number of nitrogens with two attached hydrogens (primary N) is 1. The number of rotatable bonds is 3. The quantitative estimate of drug-likeness (QED) is 0.855. The van der Waals surface area contributed by atoms with Crippen LogP contribution in [0.5, 0.6) is 5.75 Å². The Bertz CT molecular complexity index is 491. The number of nitrogens with zero attached hydrogens (tertiary/aromatic N) is 2. The summed E-state index contributed by atoms with van der Waals surface area (Å²) < 4.78 is 6.99. The van der Waals surface area contributed by atoms with Gasteiger partial charge in [-0.2, -0.15) is 5.10 Å². The van der Waals surface area contributed by atoms with Gasteiger partial charge in [0.05, 0.1) is 12.8 Å². The molecule has 0 radical (unpaired) electrons. The van der Waals surface area contributed by atoms with Gasteiger partial charge in [0.2, 0.25) is 0 Å². The molecule has 84 valence electrons. The van der Waals surface area contributed by atoms with E-state index in [0.29, 0.717) is 5.82 Å². The van der Waals surface area contributed by atoms with Crippen LogP contribution in [0, 0.1) is 0 Å². The number of benzene rings is 1. The summed E-state index contributed by atoms with van der Waals surface area (Å²) in [5.74, 6) is 1.39. The maximum absolute atomic E-state index is 5.92. The molecular weight excluding hydrogens is 202 g/mol. The van der Waals surface area contributed by atoms with E-state index >= 15 is 0 Å². The fraction of sp³-hybridized carbons (Fsp3) is 0.250. The van der Waals surface area contributed by atoms with Crippen molar-refractivity contribution >= 4 is 5.82 Å². The number of anilines is 1. The largest absolute Gasteiger partial charge is 0.494 e. The zero-order valence-electron chi connectivity index (χ0n) is 9.47. The second-order valence-corrected chi connectivity index (χ2v) is 3.50. The zero-order valence-corrected chi connectivity index (χ0v) is 9.47. The monoisotopic (exact) mass is 217 g/mol. The number of aromatic nitrogens is 2. The molecule has 0 bridgehead atoms. The van der Waals surface area contributed by atoms with Crippen molar-refractivity contribution in [3.63, 3.8) is 0 Å². The maximum atomic E-state index is 5.92. The van der Waals surface area contributed by atoms with E-state index in [4.69, 9.17) is 10.5 Å². The van der Waals surface area contributed by atoms with E-state index in [1.165, 1.54) is 0 Å². The topological polar surface area (TPSA) is 53.1 Å². The number of methoxy groups -OCH3 is 1. The Kier molecular flexibility index (Phi) is 2.81. The van der Waals surface area contributed by atoms with Gasteiger partial charge < -0.3 is 10.5 Å². The summed E-state index contributed by atoms with van der Waals surface area (Å²) in [4.78, 5) is 0. The van der Waals surface area contributed by atoms with E-state index in [9.17, 15) is 0 Å². The molecule has 0 saturated heterocycles. The van der Waals surface area contributed by atoms with Crippen molar-refractivity contribution in [3.8, 4) is 11.4 Å². The predicted octanol–water partition coefficient (Wildman–Crippen LogP) is 2.03. The highest BCUT2D eigenvalue weighted by atomic mass is 16.5. The molecule has 2 rings (SSSR count). The third-order valence-corrected chi connectivity index (χ3v) is 2.46. The van der Waals surface area contributed by atoms with Crippen molar-refractivity contribution in [3.05, 3.63) is 36.0 Å². The van der Waals surface area contributed by atoms with Crippen LogP contribution in [0.3, 0.4) is 0 Å². The third kappa shape index (κ3) is 1.74. The van der Waals surface area contributed by atoms with Crippen molar-refractivity contribution in [1.82, 2.24) is 9.78 Å². The first-order chi connectivity index (χ1) is 7.76. The van der Waals surface area contributed by atoms with Crippen molar-refractivity contribution in [2.75, 3.05) is 12.8 Å². The summed E-state index contributed by atoms with van der Waals surface area (Å²) in [5.41, 5.74) is 7.76. The highest BCUT2D eigenvalue weighted by Crippen LogP contribution is 2.24. The number of para-hydroxylation sites is 2. The Morgan fingerprint density at radius 2 is 2.12 bits per heavy atom. The van der Waals surface area contributed by atoms with Gasteiger partial charge in [-0.1, -0.05) is 19.1 Å². The number of hydrogen-bond acceptors (Lipinski definition) is 3. The first-order valence-electron chi connectivity index (χ1n) is 5.24. The van der Waals surface area contributed by atoms with Crippen LogP contribution in [0.15, 0.2) is 30.3 Å². The molecule has 2 N–H and O–H groups in total. The summed E-state index contributed by atoms with van der Waals surface area (Å²) in [7, 11) is 1.64. The van der Waals surface area contributed by atoms with Crippen LogP contribution in [-0.4, -0.2) is 16.9 Å². The molecule has 0 atom stereocenters. The Morgan fingerprint density at radius 3 is 2.75 bits per heavy atom. The molecule has 1 aromatic carbocycles. The Balaban J connectivity index is 2.53. The minimum absolute atomic E-state index is 0.626. The summed E-state index contributed by atoms with van der Waals surface area (Å²) in [5, 5.41) is 4.42. The van der Waals surface area contributed by atoms with E-state index in [2.05, 4.69) is 5.10 Å². The first-order valence-corrected chi connectivity index (χ1v) is 5.24. The second-order valence-electron chi connectivity index (χ2n) is 3.50. The number of ether oxygens (including phenoxy) is 1. The second kappa shape index (κ2) is 4.26. The summed E-state index contributed by atoms with van der Waals surface area (Å²) in [6, 6.07) is 9.56. The van der Waals surface area contributed by atoms with Crippen LogP contribution in [0.1, 0.15) is 12.6 Å². The Labute approximate surface area is 94.6 Å².